The van der Waals surface area contributed by atoms with Crippen LogP contribution in [0.4, 0.5) is 4.79 Å². The van der Waals surface area contributed by atoms with Gasteiger partial charge in [-0.05, 0) is 62.4 Å². The Bertz CT molecular complexity index is 686. The van der Waals surface area contributed by atoms with Gasteiger partial charge in [-0.15, -0.1) is 0 Å². The van der Waals surface area contributed by atoms with Crippen LogP contribution in [0.25, 0.3) is 0 Å². The van der Waals surface area contributed by atoms with E-state index in [9.17, 15) is 9.59 Å². The van der Waals surface area contributed by atoms with Gasteiger partial charge in [-0.1, -0.05) is 12.1 Å². The molecule has 6 nitrogen and oxygen atoms in total. The second-order valence-corrected chi connectivity index (χ2v) is 7.84. The summed E-state index contributed by atoms with van der Waals surface area (Å²) in [7, 11) is 1.69. The minimum absolute atomic E-state index is 0.00758. The lowest BCUT2D eigenvalue weighted by molar-refractivity contribution is -0.128. The number of piperidine rings is 1. The molecule has 1 atom stereocenters. The average Bonchev–Trinajstić information content (AvgIpc) is 3.13. The van der Waals surface area contributed by atoms with E-state index in [0.29, 0.717) is 6.54 Å². The third-order valence-electron chi connectivity index (χ3n) is 6.31. The van der Waals surface area contributed by atoms with Crippen LogP contribution in [0.2, 0.25) is 0 Å². The number of carbonyl (C=O) groups excluding carboxylic acids is 2. The molecule has 140 valence electrons. The molecule has 4 rings (SSSR count). The lowest BCUT2D eigenvalue weighted by atomic mass is 9.76. The Hall–Kier alpha value is -2.08. The van der Waals surface area contributed by atoms with Crippen LogP contribution in [0.5, 0.6) is 5.75 Å². The molecule has 3 aliphatic rings. The summed E-state index contributed by atoms with van der Waals surface area (Å²) in [6.07, 6.45) is 2.94. The zero-order chi connectivity index (χ0) is 18.3. The molecule has 0 N–H and O–H groups in total. The number of carbonyl (C=O) groups is 2. The Labute approximate surface area is 154 Å². The molecule has 3 saturated heterocycles. The molecule has 1 aromatic carbocycles. The highest BCUT2D eigenvalue weighted by Gasteiger charge is 2.55. The highest BCUT2D eigenvalue weighted by Crippen LogP contribution is 2.46. The van der Waals surface area contributed by atoms with E-state index in [1.165, 1.54) is 10.5 Å². The van der Waals surface area contributed by atoms with Crippen LogP contribution >= 0.6 is 0 Å². The molecule has 1 aromatic rings. The number of likely N-dealkylation sites (tertiary alicyclic amines) is 1. The van der Waals surface area contributed by atoms with Gasteiger partial charge in [-0.2, -0.15) is 0 Å². The molecule has 26 heavy (non-hydrogen) atoms. The smallest absolute Gasteiger partial charge is 0.327 e. The highest BCUT2D eigenvalue weighted by molar-refractivity contribution is 6.04. The van der Waals surface area contributed by atoms with E-state index in [-0.39, 0.29) is 23.4 Å². The molecule has 1 unspecified atom stereocenters. The van der Waals surface area contributed by atoms with Crippen LogP contribution < -0.4 is 4.74 Å². The van der Waals surface area contributed by atoms with Crippen molar-refractivity contribution in [2.45, 2.75) is 38.8 Å². The van der Waals surface area contributed by atoms with Gasteiger partial charge in [0.15, 0.2) is 0 Å². The number of amides is 3. The van der Waals surface area contributed by atoms with E-state index >= 15 is 0 Å². The predicted molar refractivity (Wildman–Crippen MR) is 97.8 cm³/mol. The maximum Gasteiger partial charge on any atom is 0.327 e. The van der Waals surface area contributed by atoms with E-state index in [1.54, 1.807) is 7.11 Å². The van der Waals surface area contributed by atoms with Gasteiger partial charge in [-0.3, -0.25) is 14.6 Å². The standard InChI is InChI=1S/C20H27N3O3/c1-3-22-18(24)17-12-20(14-23(17)19(22)25)7-9-21(10-8-20)13-15-5-4-6-16(11-15)26-2/h4-6,11,17H,3,7-10,12-14H2,1-2H3. The average molecular weight is 357 g/mol. The topological polar surface area (TPSA) is 53.1 Å². The summed E-state index contributed by atoms with van der Waals surface area (Å²) in [6, 6.07) is 7.92. The highest BCUT2D eigenvalue weighted by atomic mass is 16.5. The summed E-state index contributed by atoms with van der Waals surface area (Å²) >= 11 is 0. The van der Waals surface area contributed by atoms with Gasteiger partial charge in [0.2, 0.25) is 0 Å². The van der Waals surface area contributed by atoms with Gasteiger partial charge < -0.3 is 9.64 Å². The lowest BCUT2D eigenvalue weighted by Crippen LogP contribution is -2.43. The number of hydrogen-bond acceptors (Lipinski definition) is 4. The van der Waals surface area contributed by atoms with Crippen molar-refractivity contribution in [1.82, 2.24) is 14.7 Å². The van der Waals surface area contributed by atoms with Crippen LogP contribution in [0, 0.1) is 5.41 Å². The summed E-state index contributed by atoms with van der Waals surface area (Å²) in [6.45, 7) is 6.03. The number of benzene rings is 1. The predicted octanol–water partition coefficient (Wildman–Crippen LogP) is 2.33. The van der Waals surface area contributed by atoms with Gasteiger partial charge in [0.1, 0.15) is 11.8 Å². The molecule has 3 amide bonds. The Balaban J connectivity index is 1.37. The molecule has 0 aromatic heterocycles. The van der Waals surface area contributed by atoms with Crippen LogP contribution in [-0.2, 0) is 11.3 Å². The van der Waals surface area contributed by atoms with E-state index in [1.807, 2.05) is 24.0 Å². The first kappa shape index (κ1) is 17.3. The van der Waals surface area contributed by atoms with Gasteiger partial charge in [0, 0.05) is 19.6 Å². The maximum atomic E-state index is 12.5. The Kier molecular flexibility index (Phi) is 4.39. The molecule has 3 aliphatic heterocycles. The second kappa shape index (κ2) is 6.58. The van der Waals surface area contributed by atoms with E-state index in [4.69, 9.17) is 4.74 Å². The second-order valence-electron chi connectivity index (χ2n) is 7.84. The summed E-state index contributed by atoms with van der Waals surface area (Å²) in [4.78, 5) is 30.6. The molecule has 0 saturated carbocycles. The molecule has 0 bridgehead atoms. The quantitative estimate of drug-likeness (QED) is 0.776. The first-order valence-electron chi connectivity index (χ1n) is 9.52. The van der Waals surface area contributed by atoms with Gasteiger partial charge >= 0.3 is 6.03 Å². The molecule has 1 spiro atoms. The minimum Gasteiger partial charge on any atom is -0.497 e. The van der Waals surface area contributed by atoms with Crippen molar-refractivity contribution in [3.05, 3.63) is 29.8 Å². The number of fused-ring (bicyclic) bond motifs is 1. The van der Waals surface area contributed by atoms with Crippen molar-refractivity contribution in [1.29, 1.82) is 0 Å². The van der Waals surface area contributed by atoms with Gasteiger partial charge in [-0.25, -0.2) is 4.79 Å². The molecular formula is C20H27N3O3. The molecule has 6 heteroatoms. The third kappa shape index (κ3) is 2.86. The number of ether oxygens (including phenoxy) is 1. The number of imide groups is 1. The van der Waals surface area contributed by atoms with Crippen molar-refractivity contribution in [2.75, 3.05) is 33.3 Å². The fourth-order valence-electron chi connectivity index (χ4n) is 4.78. The largest absolute Gasteiger partial charge is 0.497 e. The number of rotatable bonds is 4. The molecule has 3 fully saturated rings. The zero-order valence-electron chi connectivity index (χ0n) is 15.6. The van der Waals surface area contributed by atoms with Crippen molar-refractivity contribution in [3.63, 3.8) is 0 Å². The summed E-state index contributed by atoms with van der Waals surface area (Å²) in [5.74, 6) is 0.901. The zero-order valence-corrected chi connectivity index (χ0v) is 15.6. The van der Waals surface area contributed by atoms with Crippen molar-refractivity contribution < 1.29 is 14.3 Å². The van der Waals surface area contributed by atoms with Crippen molar-refractivity contribution >= 4 is 11.9 Å². The number of methoxy groups -OCH3 is 1. The number of likely N-dealkylation sites (N-methyl/N-ethyl adjacent to an activating group) is 1. The first-order valence-corrected chi connectivity index (χ1v) is 9.52. The van der Waals surface area contributed by atoms with Crippen LogP contribution in [-0.4, -0.2) is 66.0 Å². The van der Waals surface area contributed by atoms with Crippen LogP contribution in [0.15, 0.2) is 24.3 Å². The van der Waals surface area contributed by atoms with Crippen molar-refractivity contribution in [3.8, 4) is 5.75 Å². The fourth-order valence-corrected chi connectivity index (χ4v) is 4.78. The number of nitrogens with zero attached hydrogens (tertiary/aromatic N) is 3. The first-order chi connectivity index (χ1) is 12.5. The van der Waals surface area contributed by atoms with Crippen molar-refractivity contribution in [2.24, 2.45) is 5.41 Å². The molecule has 3 heterocycles. The number of hydrogen-bond donors (Lipinski definition) is 0. The van der Waals surface area contributed by atoms with Crippen LogP contribution in [0.3, 0.4) is 0 Å². The molecular weight excluding hydrogens is 330 g/mol. The van der Waals surface area contributed by atoms with E-state index in [2.05, 4.69) is 17.0 Å². The summed E-state index contributed by atoms with van der Waals surface area (Å²) in [5, 5.41) is 0. The summed E-state index contributed by atoms with van der Waals surface area (Å²) < 4.78 is 5.31. The van der Waals surface area contributed by atoms with E-state index < -0.39 is 0 Å². The third-order valence-corrected chi connectivity index (χ3v) is 6.31. The monoisotopic (exact) mass is 357 g/mol. The summed E-state index contributed by atoms with van der Waals surface area (Å²) in [5.41, 5.74) is 1.39. The van der Waals surface area contributed by atoms with Gasteiger partial charge in [0.25, 0.3) is 5.91 Å². The lowest BCUT2D eigenvalue weighted by Gasteiger charge is -2.39. The van der Waals surface area contributed by atoms with Crippen LogP contribution in [0.1, 0.15) is 31.7 Å². The Morgan fingerprint density at radius 1 is 1.23 bits per heavy atom. The SMILES string of the molecule is CCN1C(=O)C2CC3(CCN(Cc4cccc(OC)c4)CC3)CN2C1=O. The number of urea groups is 1. The molecule has 0 aliphatic carbocycles. The molecule has 0 radical (unpaired) electrons. The minimum atomic E-state index is -0.215. The maximum absolute atomic E-state index is 12.5. The normalized spacial score (nSPS) is 25.2. The fraction of sp³-hybridized carbons (Fsp3) is 0.600. The van der Waals surface area contributed by atoms with E-state index in [0.717, 1.165) is 51.2 Å². The Morgan fingerprint density at radius 3 is 2.65 bits per heavy atom. The Morgan fingerprint density at radius 2 is 2.00 bits per heavy atom. The van der Waals surface area contributed by atoms with Gasteiger partial charge in [0.05, 0.1) is 7.11 Å².